The summed E-state index contributed by atoms with van der Waals surface area (Å²) in [6, 6.07) is 8.44. The maximum Gasteiger partial charge on any atom is 0.0654 e. The van der Waals surface area contributed by atoms with E-state index in [2.05, 4.69) is 52.3 Å². The Morgan fingerprint density at radius 3 is 2.76 bits per heavy atom. The van der Waals surface area contributed by atoms with Gasteiger partial charge in [0.15, 0.2) is 0 Å². The molecule has 1 atom stereocenters. The molecule has 1 unspecified atom stereocenters. The molecule has 0 amide bonds. The van der Waals surface area contributed by atoms with E-state index in [1.807, 2.05) is 30.1 Å². The van der Waals surface area contributed by atoms with Crippen molar-refractivity contribution in [1.82, 2.24) is 9.78 Å². The monoisotopic (exact) mass is 293 g/mol. The van der Waals surface area contributed by atoms with Gasteiger partial charge < -0.3 is 5.32 Å². The van der Waals surface area contributed by atoms with Gasteiger partial charge >= 0.3 is 0 Å². The Balaban J connectivity index is 2.22. The van der Waals surface area contributed by atoms with Crippen LogP contribution in [0.4, 0.5) is 5.69 Å². The molecule has 0 spiro atoms. The predicted molar refractivity (Wildman–Crippen MR) is 74.1 cm³/mol. The minimum Gasteiger partial charge on any atom is -0.377 e. The van der Waals surface area contributed by atoms with Crippen molar-refractivity contribution in [2.24, 2.45) is 7.05 Å². The molecule has 3 nitrogen and oxygen atoms in total. The van der Waals surface area contributed by atoms with Crippen LogP contribution in [0.15, 0.2) is 34.9 Å². The summed E-state index contributed by atoms with van der Waals surface area (Å²) in [4.78, 5) is 0. The van der Waals surface area contributed by atoms with Crippen molar-refractivity contribution in [2.75, 3.05) is 5.32 Å². The summed E-state index contributed by atoms with van der Waals surface area (Å²) in [6.45, 7) is 4.24. The summed E-state index contributed by atoms with van der Waals surface area (Å²) < 4.78 is 3.02. The van der Waals surface area contributed by atoms with E-state index in [-0.39, 0.29) is 6.04 Å². The molecule has 2 aromatic rings. The topological polar surface area (TPSA) is 29.9 Å². The zero-order valence-electron chi connectivity index (χ0n) is 10.2. The Labute approximate surface area is 110 Å². The molecule has 1 N–H and O–H groups in total. The molecular weight excluding hydrogens is 278 g/mol. The summed E-state index contributed by atoms with van der Waals surface area (Å²) in [5.74, 6) is 0. The number of aromatic nitrogens is 2. The average molecular weight is 294 g/mol. The highest BCUT2D eigenvalue weighted by Gasteiger charge is 2.10. The third kappa shape index (κ3) is 2.52. The Morgan fingerprint density at radius 2 is 2.12 bits per heavy atom. The van der Waals surface area contributed by atoms with Crippen molar-refractivity contribution < 1.29 is 0 Å². The molecule has 0 saturated heterocycles. The zero-order valence-corrected chi connectivity index (χ0v) is 11.8. The largest absolute Gasteiger partial charge is 0.377 e. The third-order valence-electron chi connectivity index (χ3n) is 2.94. The van der Waals surface area contributed by atoms with Crippen LogP contribution in [0.5, 0.6) is 0 Å². The zero-order chi connectivity index (χ0) is 12.4. The minimum atomic E-state index is 0.232. The van der Waals surface area contributed by atoms with Crippen molar-refractivity contribution in [2.45, 2.75) is 19.9 Å². The van der Waals surface area contributed by atoms with Gasteiger partial charge in [0.2, 0.25) is 0 Å². The van der Waals surface area contributed by atoms with Gasteiger partial charge in [0.05, 0.1) is 11.7 Å². The number of rotatable bonds is 3. The molecule has 1 heterocycles. The summed E-state index contributed by atoms with van der Waals surface area (Å²) >= 11 is 3.54. The van der Waals surface area contributed by atoms with Crippen LogP contribution in [-0.2, 0) is 7.05 Å². The van der Waals surface area contributed by atoms with E-state index in [0.717, 1.165) is 10.2 Å². The third-order valence-corrected chi connectivity index (χ3v) is 3.80. The molecule has 0 saturated carbocycles. The highest BCUT2D eigenvalue weighted by Crippen LogP contribution is 2.26. The van der Waals surface area contributed by atoms with Crippen LogP contribution < -0.4 is 5.32 Å². The van der Waals surface area contributed by atoms with E-state index in [1.165, 1.54) is 11.3 Å². The number of halogens is 1. The molecule has 4 heteroatoms. The first kappa shape index (κ1) is 12.2. The number of nitrogens with zero attached hydrogens (tertiary/aromatic N) is 2. The molecule has 0 bridgehead atoms. The first-order valence-electron chi connectivity index (χ1n) is 5.59. The number of hydrogen-bond donors (Lipinski definition) is 1. The fourth-order valence-corrected chi connectivity index (χ4v) is 2.25. The summed E-state index contributed by atoms with van der Waals surface area (Å²) in [6.07, 6.45) is 1.82. The molecule has 2 rings (SSSR count). The van der Waals surface area contributed by atoms with Gasteiger partial charge in [-0.1, -0.05) is 22.0 Å². The van der Waals surface area contributed by atoms with E-state index in [0.29, 0.717) is 0 Å². The van der Waals surface area contributed by atoms with Gasteiger partial charge in [-0.2, -0.15) is 5.10 Å². The second-order valence-corrected chi connectivity index (χ2v) is 5.01. The van der Waals surface area contributed by atoms with Gasteiger partial charge in [0, 0.05) is 23.4 Å². The summed E-state index contributed by atoms with van der Waals surface area (Å²) in [7, 11) is 1.96. The van der Waals surface area contributed by atoms with Crippen LogP contribution in [-0.4, -0.2) is 9.78 Å². The SMILES string of the molecule is Cc1c(Br)cccc1NC(C)c1ccnn1C. The lowest BCUT2D eigenvalue weighted by Crippen LogP contribution is -2.12. The minimum absolute atomic E-state index is 0.232. The summed E-state index contributed by atoms with van der Waals surface area (Å²) in [5, 5.41) is 7.69. The van der Waals surface area contributed by atoms with Crippen LogP contribution in [0, 0.1) is 6.92 Å². The number of hydrogen-bond acceptors (Lipinski definition) is 2. The molecule has 1 aromatic carbocycles. The van der Waals surface area contributed by atoms with Gasteiger partial charge in [-0.05, 0) is 37.6 Å². The lowest BCUT2D eigenvalue weighted by atomic mass is 10.1. The second-order valence-electron chi connectivity index (χ2n) is 4.16. The van der Waals surface area contributed by atoms with Gasteiger partial charge in [0.25, 0.3) is 0 Å². The number of anilines is 1. The van der Waals surface area contributed by atoms with Crippen LogP contribution in [0.1, 0.15) is 24.2 Å². The van der Waals surface area contributed by atoms with E-state index in [9.17, 15) is 0 Å². The number of aryl methyl sites for hydroxylation is 1. The molecule has 0 aliphatic carbocycles. The Bertz CT molecular complexity index is 519. The van der Waals surface area contributed by atoms with E-state index < -0.39 is 0 Å². The van der Waals surface area contributed by atoms with Crippen molar-refractivity contribution >= 4 is 21.6 Å². The standard InChI is InChI=1S/C13H16BrN3/c1-9-11(14)5-4-6-12(9)16-10(2)13-7-8-15-17(13)3/h4-8,10,16H,1-3H3. The average Bonchev–Trinajstić information content (AvgIpc) is 2.71. The van der Waals surface area contributed by atoms with Gasteiger partial charge in [-0.3, -0.25) is 4.68 Å². The Morgan fingerprint density at radius 1 is 1.35 bits per heavy atom. The fourth-order valence-electron chi connectivity index (χ4n) is 1.88. The maximum absolute atomic E-state index is 4.19. The van der Waals surface area contributed by atoms with Crippen molar-refractivity contribution in [3.8, 4) is 0 Å². The molecule has 0 aliphatic heterocycles. The van der Waals surface area contributed by atoms with Crippen LogP contribution in [0.3, 0.4) is 0 Å². The van der Waals surface area contributed by atoms with Crippen molar-refractivity contribution in [1.29, 1.82) is 0 Å². The van der Waals surface area contributed by atoms with Gasteiger partial charge in [0.1, 0.15) is 0 Å². The molecular formula is C13H16BrN3. The first-order valence-corrected chi connectivity index (χ1v) is 6.38. The first-order chi connectivity index (χ1) is 8.09. The molecule has 0 fully saturated rings. The van der Waals surface area contributed by atoms with E-state index >= 15 is 0 Å². The normalized spacial score (nSPS) is 12.5. The van der Waals surface area contributed by atoms with Gasteiger partial charge in [-0.25, -0.2) is 0 Å². The molecule has 0 aliphatic rings. The quantitative estimate of drug-likeness (QED) is 0.936. The molecule has 0 radical (unpaired) electrons. The van der Waals surface area contributed by atoms with E-state index in [4.69, 9.17) is 0 Å². The van der Waals surface area contributed by atoms with Crippen LogP contribution in [0.2, 0.25) is 0 Å². The second kappa shape index (κ2) is 4.92. The van der Waals surface area contributed by atoms with Crippen molar-refractivity contribution in [3.05, 3.63) is 46.2 Å². The maximum atomic E-state index is 4.19. The lowest BCUT2D eigenvalue weighted by molar-refractivity contribution is 0.675. The smallest absolute Gasteiger partial charge is 0.0654 e. The molecule has 1 aromatic heterocycles. The lowest BCUT2D eigenvalue weighted by Gasteiger charge is -2.17. The molecule has 90 valence electrons. The van der Waals surface area contributed by atoms with E-state index in [1.54, 1.807) is 0 Å². The highest BCUT2D eigenvalue weighted by atomic mass is 79.9. The summed E-state index contributed by atoms with van der Waals surface area (Å²) in [5.41, 5.74) is 3.54. The van der Waals surface area contributed by atoms with Crippen LogP contribution in [0.25, 0.3) is 0 Å². The van der Waals surface area contributed by atoms with Crippen LogP contribution >= 0.6 is 15.9 Å². The number of benzene rings is 1. The molecule has 17 heavy (non-hydrogen) atoms. The highest BCUT2D eigenvalue weighted by molar-refractivity contribution is 9.10. The number of nitrogens with one attached hydrogen (secondary N) is 1. The Hall–Kier alpha value is -1.29. The van der Waals surface area contributed by atoms with Gasteiger partial charge in [-0.15, -0.1) is 0 Å². The fraction of sp³-hybridized carbons (Fsp3) is 0.308. The predicted octanol–water partition coefficient (Wildman–Crippen LogP) is 3.66. The Kier molecular flexibility index (Phi) is 3.52. The van der Waals surface area contributed by atoms with Crippen molar-refractivity contribution in [3.63, 3.8) is 0 Å².